The molecule has 3 nitrogen and oxygen atoms in total. The molecule has 2 aromatic rings. The highest BCUT2D eigenvalue weighted by Gasteiger charge is 2.17. The van der Waals surface area contributed by atoms with E-state index in [2.05, 4.69) is 15.6 Å². The minimum absolute atomic E-state index is 0.366. The van der Waals surface area contributed by atoms with Crippen LogP contribution in [0.4, 0.5) is 0 Å². The first-order valence-corrected chi connectivity index (χ1v) is 8.15. The summed E-state index contributed by atoms with van der Waals surface area (Å²) in [6, 6.07) is 5.95. The highest BCUT2D eigenvalue weighted by molar-refractivity contribution is 7.99. The molecule has 0 spiro atoms. The lowest BCUT2D eigenvalue weighted by atomic mass is 10.2. The van der Waals surface area contributed by atoms with E-state index in [1.807, 2.05) is 31.5 Å². The summed E-state index contributed by atoms with van der Waals surface area (Å²) in [5.41, 5.74) is 2.16. The van der Waals surface area contributed by atoms with E-state index in [0.717, 1.165) is 40.2 Å². The fraction of sp³-hybridized carbons (Fsp3) is 0.400. The van der Waals surface area contributed by atoms with E-state index in [-0.39, 0.29) is 0 Å². The molecule has 20 heavy (non-hydrogen) atoms. The van der Waals surface area contributed by atoms with Crippen LogP contribution in [0, 0.1) is 6.92 Å². The molecule has 1 unspecified atom stereocenters. The van der Waals surface area contributed by atoms with Crippen molar-refractivity contribution in [3.8, 4) is 5.69 Å². The molecule has 0 N–H and O–H groups in total. The number of ether oxygens (including phenoxy) is 1. The summed E-state index contributed by atoms with van der Waals surface area (Å²) in [5, 5.41) is 1.78. The Balaban J connectivity index is 1.80. The molecule has 0 bridgehead atoms. The van der Waals surface area contributed by atoms with Crippen LogP contribution >= 0.6 is 23.4 Å². The summed E-state index contributed by atoms with van der Waals surface area (Å²) >= 11 is 7.95. The molecule has 106 valence electrons. The fourth-order valence-electron chi connectivity index (χ4n) is 2.38. The summed E-state index contributed by atoms with van der Waals surface area (Å²) in [5.74, 6) is 0.955. The first-order chi connectivity index (χ1) is 9.75. The molecule has 3 rings (SSSR count). The molecular weight excluding hydrogens is 292 g/mol. The number of hydrogen-bond donors (Lipinski definition) is 0. The van der Waals surface area contributed by atoms with Crippen molar-refractivity contribution in [3.63, 3.8) is 0 Å². The molecule has 1 aliphatic rings. The standard InChI is InChI=1S/C15H17ClN2OS/c1-11-13(16)5-2-6-14(11)18-8-7-17-15(18)20-10-12-4-3-9-19-12/h2,5-8,12H,3-4,9-10H2,1H3. The molecule has 1 atom stereocenters. The molecule has 1 aliphatic heterocycles. The van der Waals surface area contributed by atoms with E-state index < -0.39 is 0 Å². The second kappa shape index (κ2) is 6.20. The van der Waals surface area contributed by atoms with Crippen LogP contribution in [0.2, 0.25) is 5.02 Å². The van der Waals surface area contributed by atoms with Gasteiger partial charge in [-0.25, -0.2) is 4.98 Å². The van der Waals surface area contributed by atoms with E-state index >= 15 is 0 Å². The van der Waals surface area contributed by atoms with E-state index in [9.17, 15) is 0 Å². The Morgan fingerprint density at radius 3 is 3.20 bits per heavy atom. The predicted molar refractivity (Wildman–Crippen MR) is 83.0 cm³/mol. The van der Waals surface area contributed by atoms with Crippen LogP contribution in [0.15, 0.2) is 35.7 Å². The lowest BCUT2D eigenvalue weighted by Crippen LogP contribution is -2.09. The SMILES string of the molecule is Cc1c(Cl)cccc1-n1ccnc1SCC1CCCO1. The third-order valence-electron chi connectivity index (χ3n) is 3.53. The Morgan fingerprint density at radius 1 is 1.50 bits per heavy atom. The van der Waals surface area contributed by atoms with Crippen molar-refractivity contribution in [2.24, 2.45) is 0 Å². The molecule has 1 saturated heterocycles. The van der Waals surface area contributed by atoms with Gasteiger partial charge in [0, 0.05) is 29.8 Å². The largest absolute Gasteiger partial charge is 0.377 e. The minimum Gasteiger partial charge on any atom is -0.377 e. The number of benzene rings is 1. The Bertz CT molecular complexity index is 593. The van der Waals surface area contributed by atoms with Crippen LogP contribution in [-0.4, -0.2) is 28.0 Å². The summed E-state index contributed by atoms with van der Waals surface area (Å²) in [6.45, 7) is 2.93. The van der Waals surface area contributed by atoms with Crippen molar-refractivity contribution in [3.05, 3.63) is 41.2 Å². The topological polar surface area (TPSA) is 27.1 Å². The van der Waals surface area contributed by atoms with E-state index in [1.54, 1.807) is 11.8 Å². The summed E-state index contributed by atoms with van der Waals surface area (Å²) < 4.78 is 7.76. The quantitative estimate of drug-likeness (QED) is 0.796. The number of aromatic nitrogens is 2. The fourth-order valence-corrected chi connectivity index (χ4v) is 3.58. The first-order valence-electron chi connectivity index (χ1n) is 6.79. The number of thioether (sulfide) groups is 1. The van der Waals surface area contributed by atoms with Gasteiger partial charge in [-0.1, -0.05) is 29.4 Å². The van der Waals surface area contributed by atoms with Gasteiger partial charge in [0.2, 0.25) is 0 Å². The van der Waals surface area contributed by atoms with Crippen molar-refractivity contribution in [2.75, 3.05) is 12.4 Å². The van der Waals surface area contributed by atoms with Crippen molar-refractivity contribution in [1.82, 2.24) is 9.55 Å². The Hall–Kier alpha value is -0.970. The van der Waals surface area contributed by atoms with E-state index in [0.29, 0.717) is 6.10 Å². The van der Waals surface area contributed by atoms with Crippen molar-refractivity contribution < 1.29 is 4.74 Å². The molecule has 0 saturated carbocycles. The molecule has 1 fully saturated rings. The second-order valence-electron chi connectivity index (χ2n) is 4.91. The van der Waals surface area contributed by atoms with Gasteiger partial charge in [-0.2, -0.15) is 0 Å². The zero-order valence-corrected chi connectivity index (χ0v) is 13.0. The number of nitrogens with zero attached hydrogens (tertiary/aromatic N) is 2. The van der Waals surface area contributed by atoms with Crippen LogP contribution in [0.25, 0.3) is 5.69 Å². The Kier molecular flexibility index (Phi) is 4.34. The summed E-state index contributed by atoms with van der Waals surface area (Å²) in [4.78, 5) is 4.45. The van der Waals surface area contributed by atoms with Gasteiger partial charge in [0.05, 0.1) is 11.8 Å². The maximum absolute atomic E-state index is 6.20. The number of rotatable bonds is 4. The number of halogens is 1. The molecule has 0 radical (unpaired) electrons. The van der Waals surface area contributed by atoms with Gasteiger partial charge in [-0.15, -0.1) is 0 Å². The van der Waals surface area contributed by atoms with Gasteiger partial charge in [0.25, 0.3) is 0 Å². The van der Waals surface area contributed by atoms with E-state index in [1.165, 1.54) is 6.42 Å². The first kappa shape index (κ1) is 14.0. The molecule has 0 aliphatic carbocycles. The van der Waals surface area contributed by atoms with Gasteiger partial charge < -0.3 is 4.74 Å². The molecule has 1 aromatic heterocycles. The smallest absolute Gasteiger partial charge is 0.172 e. The Labute approximate surface area is 128 Å². The van der Waals surface area contributed by atoms with Crippen LogP contribution < -0.4 is 0 Å². The molecule has 5 heteroatoms. The maximum Gasteiger partial charge on any atom is 0.172 e. The predicted octanol–water partition coefficient (Wildman–Crippen LogP) is 4.11. The highest BCUT2D eigenvalue weighted by atomic mass is 35.5. The van der Waals surface area contributed by atoms with Crippen LogP contribution in [0.5, 0.6) is 0 Å². The van der Waals surface area contributed by atoms with Crippen molar-refractivity contribution in [1.29, 1.82) is 0 Å². The normalized spacial score (nSPS) is 18.6. The second-order valence-corrected chi connectivity index (χ2v) is 6.30. The third-order valence-corrected chi connectivity index (χ3v) is 5.04. The third kappa shape index (κ3) is 2.87. The van der Waals surface area contributed by atoms with Crippen molar-refractivity contribution >= 4 is 23.4 Å². The highest BCUT2D eigenvalue weighted by Crippen LogP contribution is 2.28. The lowest BCUT2D eigenvalue weighted by molar-refractivity contribution is 0.129. The average molecular weight is 309 g/mol. The van der Waals surface area contributed by atoms with Crippen molar-refractivity contribution in [2.45, 2.75) is 31.0 Å². The van der Waals surface area contributed by atoms with Gasteiger partial charge in [0.15, 0.2) is 5.16 Å². The van der Waals surface area contributed by atoms with Gasteiger partial charge >= 0.3 is 0 Å². The maximum atomic E-state index is 6.20. The lowest BCUT2D eigenvalue weighted by Gasteiger charge is -2.13. The average Bonchev–Trinajstić information content (AvgIpc) is 3.10. The summed E-state index contributed by atoms with van der Waals surface area (Å²) in [6.07, 6.45) is 6.51. The van der Waals surface area contributed by atoms with Gasteiger partial charge in [-0.3, -0.25) is 4.57 Å². The molecule has 2 heterocycles. The Morgan fingerprint density at radius 2 is 2.40 bits per heavy atom. The molecular formula is C15H17ClN2OS. The summed E-state index contributed by atoms with van der Waals surface area (Å²) in [7, 11) is 0. The van der Waals surface area contributed by atoms with Crippen LogP contribution in [-0.2, 0) is 4.74 Å². The molecule has 0 amide bonds. The molecule has 1 aromatic carbocycles. The monoisotopic (exact) mass is 308 g/mol. The zero-order valence-electron chi connectivity index (χ0n) is 11.4. The zero-order chi connectivity index (χ0) is 13.9. The number of hydrogen-bond acceptors (Lipinski definition) is 3. The van der Waals surface area contributed by atoms with Crippen LogP contribution in [0.1, 0.15) is 18.4 Å². The van der Waals surface area contributed by atoms with Gasteiger partial charge in [0.1, 0.15) is 0 Å². The van der Waals surface area contributed by atoms with Gasteiger partial charge in [-0.05, 0) is 37.5 Å². The number of imidazole rings is 1. The van der Waals surface area contributed by atoms with E-state index in [4.69, 9.17) is 16.3 Å². The van der Waals surface area contributed by atoms with Crippen LogP contribution in [0.3, 0.4) is 0 Å². The minimum atomic E-state index is 0.366.